The topological polar surface area (TPSA) is 67.9 Å². The largest absolute Gasteiger partial charge is 0.491 e. The van der Waals surface area contributed by atoms with Crippen molar-refractivity contribution in [3.05, 3.63) is 64.9 Å². The van der Waals surface area contributed by atoms with Crippen LogP contribution in [0, 0.1) is 13.8 Å². The maximum Gasteiger partial charge on any atom is 0.278 e. The second-order valence-electron chi connectivity index (χ2n) is 7.97. The number of carbonyl (C=O) groups is 2. The Hall–Kier alpha value is -3.12. The van der Waals surface area contributed by atoms with Crippen LogP contribution in [0.3, 0.4) is 0 Å². The first-order chi connectivity index (χ1) is 14.8. The lowest BCUT2D eigenvalue weighted by Gasteiger charge is -2.15. The van der Waals surface area contributed by atoms with Gasteiger partial charge in [0, 0.05) is 25.9 Å². The Morgan fingerprint density at radius 2 is 1.68 bits per heavy atom. The van der Waals surface area contributed by atoms with Gasteiger partial charge in [0.15, 0.2) is 0 Å². The number of benzene rings is 2. The maximum atomic E-state index is 13.2. The second-order valence-corrected chi connectivity index (χ2v) is 7.97. The molecule has 0 saturated carbocycles. The van der Waals surface area contributed by atoms with Crippen LogP contribution < -0.4 is 10.1 Å². The normalized spacial score (nSPS) is 14.1. The molecule has 2 aromatic rings. The summed E-state index contributed by atoms with van der Waals surface area (Å²) < 4.78 is 10.8. The van der Waals surface area contributed by atoms with E-state index < -0.39 is 0 Å². The minimum Gasteiger partial charge on any atom is -0.491 e. The molecule has 2 amide bonds. The van der Waals surface area contributed by atoms with E-state index in [1.807, 2.05) is 70.2 Å². The lowest BCUT2D eigenvalue weighted by atomic mass is 9.99. The van der Waals surface area contributed by atoms with Gasteiger partial charge in [-0.05, 0) is 75.1 Å². The highest BCUT2D eigenvalue weighted by Crippen LogP contribution is 2.32. The molecule has 0 fully saturated rings. The molecular weight excluding hydrogens is 392 g/mol. The summed E-state index contributed by atoms with van der Waals surface area (Å²) in [5.74, 6) is 0.141. The number of imide groups is 1. The molecule has 0 aliphatic carbocycles. The lowest BCUT2D eigenvalue weighted by Crippen LogP contribution is -2.33. The van der Waals surface area contributed by atoms with Gasteiger partial charge >= 0.3 is 0 Å². The number of nitrogens with one attached hydrogen (secondary N) is 1. The van der Waals surface area contributed by atoms with Crippen LogP contribution in [0.5, 0.6) is 5.75 Å². The molecule has 2 aromatic carbocycles. The molecule has 0 atom stereocenters. The first-order valence-corrected chi connectivity index (χ1v) is 10.5. The summed E-state index contributed by atoms with van der Waals surface area (Å²) in [7, 11) is 1.60. The monoisotopic (exact) mass is 422 g/mol. The molecule has 0 unspecified atom stereocenters. The zero-order valence-electron chi connectivity index (χ0n) is 18.8. The van der Waals surface area contributed by atoms with Crippen molar-refractivity contribution in [2.75, 3.05) is 25.6 Å². The second kappa shape index (κ2) is 9.79. The Bertz CT molecular complexity index is 993. The van der Waals surface area contributed by atoms with Crippen LogP contribution in [0.4, 0.5) is 5.69 Å². The van der Waals surface area contributed by atoms with Gasteiger partial charge in [-0.2, -0.15) is 0 Å². The summed E-state index contributed by atoms with van der Waals surface area (Å²) in [5, 5.41) is 3.19. The van der Waals surface area contributed by atoms with E-state index in [9.17, 15) is 9.59 Å². The average Bonchev–Trinajstić information content (AvgIpc) is 2.95. The number of amides is 2. The maximum absolute atomic E-state index is 13.2. The van der Waals surface area contributed by atoms with Crippen molar-refractivity contribution in [3.63, 3.8) is 0 Å². The van der Waals surface area contributed by atoms with Crippen molar-refractivity contribution in [1.82, 2.24) is 4.90 Å². The predicted octanol–water partition coefficient (Wildman–Crippen LogP) is 4.32. The molecule has 0 aromatic heterocycles. The third-order valence-corrected chi connectivity index (χ3v) is 5.19. The quantitative estimate of drug-likeness (QED) is 0.482. The standard InChI is InChI=1S/C25H30N2O4/c1-16(2)31-21-11-9-20(10-12-21)26-23-22(19-8-7-17(3)18(4)15-19)24(28)27(25(23)29)13-6-14-30-5/h7-12,15-16,26H,6,13-14H2,1-5H3. The number of methoxy groups -OCH3 is 1. The molecule has 0 radical (unpaired) electrons. The number of hydrogen-bond donors (Lipinski definition) is 1. The molecule has 0 saturated heterocycles. The fraction of sp³-hybridized carbons (Fsp3) is 0.360. The van der Waals surface area contributed by atoms with Gasteiger partial charge in [-0.1, -0.05) is 18.2 Å². The first-order valence-electron chi connectivity index (χ1n) is 10.5. The number of carbonyl (C=O) groups excluding carboxylic acids is 2. The van der Waals surface area contributed by atoms with Crippen LogP contribution in [0.15, 0.2) is 48.2 Å². The van der Waals surface area contributed by atoms with Gasteiger partial charge < -0.3 is 14.8 Å². The summed E-state index contributed by atoms with van der Waals surface area (Å²) in [6.07, 6.45) is 0.662. The van der Waals surface area contributed by atoms with Crippen LogP contribution in [0.1, 0.15) is 37.0 Å². The average molecular weight is 423 g/mol. The molecule has 0 bridgehead atoms. The van der Waals surface area contributed by atoms with Crippen molar-refractivity contribution in [1.29, 1.82) is 0 Å². The van der Waals surface area contributed by atoms with E-state index in [4.69, 9.17) is 9.47 Å². The molecule has 31 heavy (non-hydrogen) atoms. The van der Waals surface area contributed by atoms with E-state index in [0.29, 0.717) is 36.5 Å². The third kappa shape index (κ3) is 5.14. The molecule has 1 aliphatic heterocycles. The Labute approximate surface area is 183 Å². The van der Waals surface area contributed by atoms with E-state index in [1.54, 1.807) is 7.11 Å². The van der Waals surface area contributed by atoms with Gasteiger partial charge in [0.2, 0.25) is 0 Å². The van der Waals surface area contributed by atoms with Gasteiger partial charge in [-0.25, -0.2) is 0 Å². The predicted molar refractivity (Wildman–Crippen MR) is 122 cm³/mol. The van der Waals surface area contributed by atoms with Crippen LogP contribution in [0.25, 0.3) is 5.57 Å². The molecule has 3 rings (SSSR count). The van der Waals surface area contributed by atoms with Crippen molar-refractivity contribution >= 4 is 23.1 Å². The van der Waals surface area contributed by atoms with Gasteiger partial charge in [-0.15, -0.1) is 0 Å². The third-order valence-electron chi connectivity index (χ3n) is 5.19. The Morgan fingerprint density at radius 1 is 0.968 bits per heavy atom. The highest BCUT2D eigenvalue weighted by Gasteiger charge is 2.38. The number of aryl methyl sites for hydroxylation is 2. The molecule has 1 aliphatic rings. The van der Waals surface area contributed by atoms with Crippen molar-refractivity contribution in [2.24, 2.45) is 0 Å². The fourth-order valence-electron chi connectivity index (χ4n) is 3.46. The zero-order valence-corrected chi connectivity index (χ0v) is 18.8. The molecular formula is C25H30N2O4. The smallest absolute Gasteiger partial charge is 0.278 e. The van der Waals surface area contributed by atoms with Gasteiger partial charge in [0.05, 0.1) is 11.7 Å². The Kier molecular flexibility index (Phi) is 7.13. The number of anilines is 1. The molecule has 1 heterocycles. The SMILES string of the molecule is COCCCN1C(=O)C(Nc2ccc(OC(C)C)cc2)=C(c2ccc(C)c(C)c2)C1=O. The highest BCUT2D eigenvalue weighted by molar-refractivity contribution is 6.36. The molecule has 6 nitrogen and oxygen atoms in total. The molecule has 0 spiro atoms. The molecule has 1 N–H and O–H groups in total. The summed E-state index contributed by atoms with van der Waals surface area (Å²) in [5.41, 5.74) is 4.34. The van der Waals surface area contributed by atoms with E-state index in [0.717, 1.165) is 22.4 Å². The lowest BCUT2D eigenvalue weighted by molar-refractivity contribution is -0.136. The molecule has 164 valence electrons. The zero-order chi connectivity index (χ0) is 22.5. The fourth-order valence-corrected chi connectivity index (χ4v) is 3.46. The summed E-state index contributed by atoms with van der Waals surface area (Å²) in [6.45, 7) is 8.74. The van der Waals surface area contributed by atoms with Gasteiger partial charge in [-0.3, -0.25) is 14.5 Å². The van der Waals surface area contributed by atoms with Crippen molar-refractivity contribution < 1.29 is 19.1 Å². The van der Waals surface area contributed by atoms with E-state index in [-0.39, 0.29) is 17.9 Å². The van der Waals surface area contributed by atoms with Gasteiger partial charge in [0.25, 0.3) is 11.8 Å². The van der Waals surface area contributed by atoms with E-state index in [1.165, 1.54) is 4.90 Å². The summed E-state index contributed by atoms with van der Waals surface area (Å²) in [6, 6.07) is 13.2. The summed E-state index contributed by atoms with van der Waals surface area (Å²) in [4.78, 5) is 27.7. The Morgan fingerprint density at radius 3 is 2.29 bits per heavy atom. The van der Waals surface area contributed by atoms with E-state index in [2.05, 4.69) is 5.32 Å². The van der Waals surface area contributed by atoms with Crippen molar-refractivity contribution in [3.8, 4) is 5.75 Å². The van der Waals surface area contributed by atoms with Crippen LogP contribution in [0.2, 0.25) is 0 Å². The number of rotatable bonds is 9. The van der Waals surface area contributed by atoms with Gasteiger partial charge in [0.1, 0.15) is 11.4 Å². The number of ether oxygens (including phenoxy) is 2. The van der Waals surface area contributed by atoms with Crippen LogP contribution >= 0.6 is 0 Å². The van der Waals surface area contributed by atoms with E-state index >= 15 is 0 Å². The van der Waals surface area contributed by atoms with Crippen molar-refractivity contribution in [2.45, 2.75) is 40.2 Å². The van der Waals surface area contributed by atoms with Crippen LogP contribution in [-0.2, 0) is 14.3 Å². The first kappa shape index (κ1) is 22.6. The molecule has 6 heteroatoms. The Balaban J connectivity index is 1.95. The minimum atomic E-state index is -0.322. The van der Waals surface area contributed by atoms with Crippen LogP contribution in [-0.4, -0.2) is 43.1 Å². The minimum absolute atomic E-state index is 0.0765. The number of nitrogens with zero attached hydrogens (tertiary/aromatic N) is 1. The summed E-state index contributed by atoms with van der Waals surface area (Å²) >= 11 is 0. The highest BCUT2D eigenvalue weighted by atomic mass is 16.5. The number of hydrogen-bond acceptors (Lipinski definition) is 5.